The van der Waals surface area contributed by atoms with Crippen LogP contribution in [0.4, 0.5) is 0 Å². The first-order valence-corrected chi connectivity index (χ1v) is 5.52. The Bertz CT molecular complexity index is 260. The van der Waals surface area contributed by atoms with Gasteiger partial charge in [0.15, 0.2) is 0 Å². The fourth-order valence-corrected chi connectivity index (χ4v) is 2.66. The lowest BCUT2D eigenvalue weighted by atomic mass is 9.68. The van der Waals surface area contributed by atoms with Crippen LogP contribution in [0.3, 0.4) is 0 Å². The summed E-state index contributed by atoms with van der Waals surface area (Å²) in [6.45, 7) is 8.12. The maximum Gasteiger partial charge on any atom is 0.106 e. The van der Waals surface area contributed by atoms with Crippen molar-refractivity contribution in [1.29, 1.82) is 0 Å². The molecule has 2 aliphatic heterocycles. The van der Waals surface area contributed by atoms with Gasteiger partial charge in [0.1, 0.15) is 6.17 Å². The Labute approximate surface area is 86.5 Å². The Morgan fingerprint density at radius 1 is 1.36 bits per heavy atom. The van der Waals surface area contributed by atoms with Gasteiger partial charge in [-0.2, -0.15) is 0 Å². The van der Waals surface area contributed by atoms with Gasteiger partial charge in [0.05, 0.1) is 0 Å². The average molecular weight is 192 g/mol. The third kappa shape index (κ3) is 1.76. The Kier molecular flexibility index (Phi) is 2.48. The monoisotopic (exact) mass is 192 g/mol. The zero-order valence-electron chi connectivity index (χ0n) is 9.33. The van der Waals surface area contributed by atoms with Crippen molar-refractivity contribution >= 4 is 6.21 Å². The third-order valence-electron chi connectivity index (χ3n) is 3.42. The molecule has 0 spiro atoms. The van der Waals surface area contributed by atoms with E-state index in [-0.39, 0.29) is 0 Å². The summed E-state index contributed by atoms with van der Waals surface area (Å²) in [6.07, 6.45) is 7.93. The van der Waals surface area contributed by atoms with Crippen molar-refractivity contribution in [1.82, 2.24) is 5.32 Å². The fraction of sp³-hybridized carbons (Fsp3) is 0.750. The molecule has 2 rings (SSSR count). The maximum atomic E-state index is 4.49. The summed E-state index contributed by atoms with van der Waals surface area (Å²) in [5.41, 5.74) is 0.391. The van der Waals surface area contributed by atoms with Gasteiger partial charge < -0.3 is 0 Å². The van der Waals surface area contributed by atoms with Crippen LogP contribution in [-0.4, -0.2) is 18.9 Å². The molecule has 1 saturated heterocycles. The molecule has 0 aromatic rings. The van der Waals surface area contributed by atoms with E-state index in [2.05, 4.69) is 43.2 Å². The van der Waals surface area contributed by atoms with Gasteiger partial charge >= 0.3 is 0 Å². The first kappa shape index (κ1) is 9.91. The fourth-order valence-electron chi connectivity index (χ4n) is 2.66. The van der Waals surface area contributed by atoms with Crippen LogP contribution in [-0.2, 0) is 0 Å². The summed E-state index contributed by atoms with van der Waals surface area (Å²) in [5.74, 6) is 1.34. The maximum absolute atomic E-state index is 4.49. The van der Waals surface area contributed by atoms with Crippen LogP contribution in [0.15, 0.2) is 17.1 Å². The number of allylic oxidation sites excluding steroid dienone is 1. The molecule has 3 atom stereocenters. The lowest BCUT2D eigenvalue weighted by Gasteiger charge is -2.43. The molecule has 1 N–H and O–H groups in total. The van der Waals surface area contributed by atoms with E-state index in [0.29, 0.717) is 17.5 Å². The first-order valence-electron chi connectivity index (χ1n) is 5.52. The number of hydrogen-bond acceptors (Lipinski definition) is 2. The third-order valence-corrected chi connectivity index (χ3v) is 3.42. The highest BCUT2D eigenvalue weighted by Crippen LogP contribution is 2.39. The van der Waals surface area contributed by atoms with E-state index in [1.807, 2.05) is 6.21 Å². The summed E-state index contributed by atoms with van der Waals surface area (Å²) in [7, 11) is 0. The number of rotatable bonds is 0. The number of hydrogen-bond donors (Lipinski definition) is 1. The van der Waals surface area contributed by atoms with Crippen LogP contribution >= 0.6 is 0 Å². The molecule has 2 aliphatic rings. The molecule has 0 aromatic heterocycles. The van der Waals surface area contributed by atoms with Gasteiger partial charge in [-0.15, -0.1) is 0 Å². The average Bonchev–Trinajstić information content (AvgIpc) is 2.15. The summed E-state index contributed by atoms with van der Waals surface area (Å²) < 4.78 is 0. The molecule has 3 unspecified atom stereocenters. The second-order valence-corrected chi connectivity index (χ2v) is 5.42. The first-order chi connectivity index (χ1) is 6.59. The normalized spacial score (nSPS) is 36.9. The Morgan fingerprint density at radius 3 is 2.86 bits per heavy atom. The molecule has 1 fully saturated rings. The van der Waals surface area contributed by atoms with Crippen molar-refractivity contribution in [3.05, 3.63) is 12.2 Å². The molecule has 0 radical (unpaired) electrons. The van der Waals surface area contributed by atoms with Crippen molar-refractivity contribution < 1.29 is 0 Å². The van der Waals surface area contributed by atoms with Gasteiger partial charge in [0.2, 0.25) is 0 Å². The predicted molar refractivity (Wildman–Crippen MR) is 60.5 cm³/mol. The van der Waals surface area contributed by atoms with Crippen molar-refractivity contribution in [2.24, 2.45) is 22.2 Å². The minimum absolute atomic E-state index is 0.331. The number of nitrogens with one attached hydrogen (secondary N) is 1. The van der Waals surface area contributed by atoms with Crippen LogP contribution < -0.4 is 5.32 Å². The number of dihydropyridines is 1. The summed E-state index contributed by atoms with van der Waals surface area (Å²) in [5, 5.41) is 3.47. The van der Waals surface area contributed by atoms with Crippen LogP contribution in [0.1, 0.15) is 27.2 Å². The van der Waals surface area contributed by atoms with E-state index in [1.54, 1.807) is 0 Å². The molecule has 0 aliphatic carbocycles. The topological polar surface area (TPSA) is 24.4 Å². The van der Waals surface area contributed by atoms with Gasteiger partial charge in [0.25, 0.3) is 0 Å². The van der Waals surface area contributed by atoms with Gasteiger partial charge in [-0.05, 0) is 30.4 Å². The number of nitrogens with zero attached hydrogens (tertiary/aromatic N) is 1. The van der Waals surface area contributed by atoms with Crippen LogP contribution in [0, 0.1) is 17.3 Å². The lowest BCUT2D eigenvalue weighted by Crippen LogP contribution is -2.48. The zero-order chi connectivity index (χ0) is 10.2. The number of piperidine rings is 1. The summed E-state index contributed by atoms with van der Waals surface area (Å²) in [4.78, 5) is 4.49. The van der Waals surface area contributed by atoms with E-state index >= 15 is 0 Å². The Balaban J connectivity index is 2.18. The number of fused-ring (bicyclic) bond motifs is 1. The van der Waals surface area contributed by atoms with E-state index in [4.69, 9.17) is 0 Å². The second-order valence-electron chi connectivity index (χ2n) is 5.42. The predicted octanol–water partition coefficient (Wildman–Crippen LogP) is 2.22. The van der Waals surface area contributed by atoms with Gasteiger partial charge in [0, 0.05) is 12.1 Å². The van der Waals surface area contributed by atoms with E-state index in [0.717, 1.165) is 12.5 Å². The molecular formula is C12H20N2. The van der Waals surface area contributed by atoms with Gasteiger partial charge in [-0.25, -0.2) is 0 Å². The molecule has 0 amide bonds. The Morgan fingerprint density at radius 2 is 2.14 bits per heavy atom. The smallest absolute Gasteiger partial charge is 0.106 e. The second kappa shape index (κ2) is 3.50. The minimum atomic E-state index is 0.331. The lowest BCUT2D eigenvalue weighted by molar-refractivity contribution is 0.114. The van der Waals surface area contributed by atoms with Crippen molar-refractivity contribution in [3.8, 4) is 0 Å². The van der Waals surface area contributed by atoms with E-state index in [9.17, 15) is 0 Å². The molecule has 0 bridgehead atoms. The zero-order valence-corrected chi connectivity index (χ0v) is 9.33. The highest BCUT2D eigenvalue weighted by Gasteiger charge is 2.38. The molecule has 0 aromatic carbocycles. The standard InChI is InChI=1S/C12H20N2/c1-12(2,3)10-6-8-14-11-9(10)5-4-7-13-11/h4-5,7,9-11,14H,6,8H2,1-3H3. The molecule has 78 valence electrons. The van der Waals surface area contributed by atoms with Crippen LogP contribution in [0.25, 0.3) is 0 Å². The minimum Gasteiger partial charge on any atom is -0.295 e. The number of aliphatic imine (C=N–C) groups is 1. The highest BCUT2D eigenvalue weighted by molar-refractivity contribution is 5.72. The van der Waals surface area contributed by atoms with Gasteiger partial charge in [-0.3, -0.25) is 10.3 Å². The quantitative estimate of drug-likeness (QED) is 0.625. The van der Waals surface area contributed by atoms with E-state index in [1.165, 1.54) is 6.42 Å². The van der Waals surface area contributed by atoms with E-state index < -0.39 is 0 Å². The molecule has 2 nitrogen and oxygen atoms in total. The molecule has 0 saturated carbocycles. The van der Waals surface area contributed by atoms with Crippen molar-refractivity contribution in [2.45, 2.75) is 33.4 Å². The largest absolute Gasteiger partial charge is 0.295 e. The van der Waals surface area contributed by atoms with Crippen molar-refractivity contribution in [2.75, 3.05) is 6.54 Å². The molecule has 14 heavy (non-hydrogen) atoms. The van der Waals surface area contributed by atoms with Gasteiger partial charge in [-0.1, -0.05) is 26.8 Å². The highest BCUT2D eigenvalue weighted by atomic mass is 15.1. The molecule has 2 heteroatoms. The van der Waals surface area contributed by atoms with Crippen LogP contribution in [0.5, 0.6) is 0 Å². The summed E-state index contributed by atoms with van der Waals surface area (Å²) in [6, 6.07) is 0. The SMILES string of the molecule is CC(C)(C)C1CCNC2N=CC=CC21. The van der Waals surface area contributed by atoms with Crippen LogP contribution in [0.2, 0.25) is 0 Å². The molecule has 2 heterocycles. The van der Waals surface area contributed by atoms with Crippen molar-refractivity contribution in [3.63, 3.8) is 0 Å². The summed E-state index contributed by atoms with van der Waals surface area (Å²) >= 11 is 0. The Hall–Kier alpha value is -0.630. The molecular weight excluding hydrogens is 172 g/mol.